The molecular formula is C22H34N4O4. The summed E-state index contributed by atoms with van der Waals surface area (Å²) in [5, 5.41) is 4.38. The average molecular weight is 419 g/mol. The first-order chi connectivity index (χ1) is 14.6. The maximum atomic E-state index is 13.2. The Hall–Kier alpha value is -1.93. The van der Waals surface area contributed by atoms with Gasteiger partial charge >= 0.3 is 5.97 Å². The quantitative estimate of drug-likeness (QED) is 0.679. The van der Waals surface area contributed by atoms with Gasteiger partial charge in [0.25, 0.3) is 5.91 Å². The molecule has 0 N–H and O–H groups in total. The van der Waals surface area contributed by atoms with Gasteiger partial charge < -0.3 is 14.4 Å². The molecule has 1 amide bonds. The number of aromatic nitrogens is 2. The molecular weight excluding hydrogens is 384 g/mol. The number of hydrogen-bond acceptors (Lipinski definition) is 6. The molecule has 0 aromatic carbocycles. The van der Waals surface area contributed by atoms with Gasteiger partial charge in [0.15, 0.2) is 0 Å². The standard InChI is InChI=1S/C22H34N4O4/c1-3-26-10-7-19(23-26)20(27)25-9-6-17-15-18(24-11-13-29-14-12-24)5-8-22(17,16-25)21(28)30-4-2/h7,10,17-18H,3-6,8-9,11-16H2,1-2H3/t17-,18+,22-/m1/s1. The monoisotopic (exact) mass is 418 g/mol. The van der Waals surface area contributed by atoms with Crippen LogP contribution in [0, 0.1) is 11.3 Å². The number of esters is 1. The molecule has 0 radical (unpaired) electrons. The highest BCUT2D eigenvalue weighted by Gasteiger charge is 2.54. The van der Waals surface area contributed by atoms with Crippen LogP contribution in [-0.2, 0) is 20.8 Å². The lowest BCUT2D eigenvalue weighted by molar-refractivity contribution is -0.168. The zero-order valence-corrected chi connectivity index (χ0v) is 18.2. The summed E-state index contributed by atoms with van der Waals surface area (Å²) in [6.07, 6.45) is 5.38. The molecule has 1 saturated carbocycles. The number of ether oxygens (including phenoxy) is 2. The van der Waals surface area contributed by atoms with E-state index in [1.165, 1.54) is 0 Å². The molecule has 0 spiro atoms. The van der Waals surface area contributed by atoms with Gasteiger partial charge in [-0.1, -0.05) is 0 Å². The molecule has 166 valence electrons. The number of carbonyl (C=O) groups excluding carboxylic acids is 2. The number of amides is 1. The zero-order valence-electron chi connectivity index (χ0n) is 18.2. The van der Waals surface area contributed by atoms with Gasteiger partial charge in [-0.15, -0.1) is 0 Å². The number of nitrogens with zero attached hydrogens (tertiary/aromatic N) is 4. The van der Waals surface area contributed by atoms with Crippen LogP contribution >= 0.6 is 0 Å². The number of rotatable bonds is 5. The SMILES string of the molecule is CCOC(=O)[C@@]12CC[C@H](N3CCOCC3)C[C@H]1CCN(C(=O)c1ccn(CC)n1)C2. The van der Waals surface area contributed by atoms with E-state index >= 15 is 0 Å². The van der Waals surface area contributed by atoms with Crippen LogP contribution in [0.15, 0.2) is 12.3 Å². The first-order valence-corrected chi connectivity index (χ1v) is 11.4. The van der Waals surface area contributed by atoms with E-state index < -0.39 is 5.41 Å². The number of aryl methyl sites for hydroxylation is 1. The lowest BCUT2D eigenvalue weighted by atomic mass is 9.61. The molecule has 1 aromatic rings. The molecule has 3 heterocycles. The second-order valence-corrected chi connectivity index (χ2v) is 8.72. The van der Waals surface area contributed by atoms with E-state index in [4.69, 9.17) is 9.47 Å². The second-order valence-electron chi connectivity index (χ2n) is 8.72. The number of carbonyl (C=O) groups is 2. The van der Waals surface area contributed by atoms with Crippen molar-refractivity contribution in [2.75, 3.05) is 46.0 Å². The summed E-state index contributed by atoms with van der Waals surface area (Å²) >= 11 is 0. The maximum absolute atomic E-state index is 13.2. The number of piperidine rings is 1. The third kappa shape index (κ3) is 3.99. The molecule has 1 aliphatic carbocycles. The van der Waals surface area contributed by atoms with Gasteiger partial charge in [-0.05, 0) is 51.5 Å². The lowest BCUT2D eigenvalue weighted by Gasteiger charge is -2.52. The Balaban J connectivity index is 1.52. The minimum atomic E-state index is -0.597. The summed E-state index contributed by atoms with van der Waals surface area (Å²) < 4.78 is 12.8. The van der Waals surface area contributed by atoms with Crippen LogP contribution in [0.3, 0.4) is 0 Å². The van der Waals surface area contributed by atoms with Crippen molar-refractivity contribution in [3.05, 3.63) is 18.0 Å². The number of fused-ring (bicyclic) bond motifs is 1. The Kier molecular flexibility index (Phi) is 6.43. The summed E-state index contributed by atoms with van der Waals surface area (Å²) in [6.45, 7) is 9.56. The Morgan fingerprint density at radius 3 is 2.73 bits per heavy atom. The van der Waals surface area contributed by atoms with E-state index in [2.05, 4.69) is 10.00 Å². The predicted octanol–water partition coefficient (Wildman–Crippen LogP) is 1.80. The van der Waals surface area contributed by atoms with E-state index in [1.54, 1.807) is 10.7 Å². The van der Waals surface area contributed by atoms with Crippen LogP contribution < -0.4 is 0 Å². The third-order valence-corrected chi connectivity index (χ3v) is 7.20. The Bertz CT molecular complexity index is 760. The highest BCUT2D eigenvalue weighted by Crippen LogP contribution is 2.48. The summed E-state index contributed by atoms with van der Waals surface area (Å²) in [5.41, 5.74) is -0.142. The molecule has 30 heavy (non-hydrogen) atoms. The highest BCUT2D eigenvalue weighted by atomic mass is 16.5. The topological polar surface area (TPSA) is 76.9 Å². The molecule has 1 aromatic heterocycles. The molecule has 0 bridgehead atoms. The van der Waals surface area contributed by atoms with E-state index in [9.17, 15) is 9.59 Å². The Morgan fingerprint density at radius 2 is 2.03 bits per heavy atom. The van der Waals surface area contributed by atoms with Crippen LogP contribution in [0.4, 0.5) is 0 Å². The molecule has 8 heteroatoms. The van der Waals surface area contributed by atoms with Gasteiger partial charge in [0.1, 0.15) is 5.69 Å². The van der Waals surface area contributed by atoms with Crippen molar-refractivity contribution in [1.82, 2.24) is 19.6 Å². The largest absolute Gasteiger partial charge is 0.466 e. The lowest BCUT2D eigenvalue weighted by Crippen LogP contribution is -2.59. The van der Waals surface area contributed by atoms with Gasteiger partial charge in [0, 0.05) is 45.0 Å². The molecule has 3 aliphatic rings. The number of morpholine rings is 1. The molecule has 3 atom stereocenters. The van der Waals surface area contributed by atoms with Crippen molar-refractivity contribution < 1.29 is 19.1 Å². The third-order valence-electron chi connectivity index (χ3n) is 7.20. The normalized spacial score (nSPS) is 30.0. The van der Waals surface area contributed by atoms with Gasteiger partial charge in [-0.3, -0.25) is 19.2 Å². The van der Waals surface area contributed by atoms with E-state index in [0.29, 0.717) is 31.4 Å². The van der Waals surface area contributed by atoms with Gasteiger partial charge in [-0.2, -0.15) is 5.10 Å². The van der Waals surface area contributed by atoms with Crippen molar-refractivity contribution >= 4 is 11.9 Å². The van der Waals surface area contributed by atoms with Crippen LogP contribution in [-0.4, -0.2) is 83.5 Å². The van der Waals surface area contributed by atoms with Crippen LogP contribution in [0.5, 0.6) is 0 Å². The molecule has 2 saturated heterocycles. The fourth-order valence-electron chi connectivity index (χ4n) is 5.50. The number of hydrogen-bond donors (Lipinski definition) is 0. The molecule has 8 nitrogen and oxygen atoms in total. The fraction of sp³-hybridized carbons (Fsp3) is 0.773. The maximum Gasteiger partial charge on any atom is 0.314 e. The van der Waals surface area contributed by atoms with E-state index in [1.807, 2.05) is 24.9 Å². The summed E-state index contributed by atoms with van der Waals surface area (Å²) in [7, 11) is 0. The minimum absolute atomic E-state index is 0.0837. The number of likely N-dealkylation sites (tertiary alicyclic amines) is 1. The summed E-state index contributed by atoms with van der Waals surface area (Å²) in [5.74, 6) is 0.0297. The van der Waals surface area contributed by atoms with Crippen LogP contribution in [0.25, 0.3) is 0 Å². The van der Waals surface area contributed by atoms with Gasteiger partial charge in [0.05, 0.1) is 25.2 Å². The smallest absolute Gasteiger partial charge is 0.314 e. The van der Waals surface area contributed by atoms with E-state index in [0.717, 1.165) is 58.5 Å². The zero-order chi connectivity index (χ0) is 21.1. The van der Waals surface area contributed by atoms with Gasteiger partial charge in [-0.25, -0.2) is 0 Å². The molecule has 3 fully saturated rings. The van der Waals surface area contributed by atoms with Crippen molar-refractivity contribution in [1.29, 1.82) is 0 Å². The highest BCUT2D eigenvalue weighted by molar-refractivity contribution is 5.93. The Labute approximate surface area is 178 Å². The molecule has 0 unspecified atom stereocenters. The predicted molar refractivity (Wildman–Crippen MR) is 111 cm³/mol. The van der Waals surface area contributed by atoms with Crippen LogP contribution in [0.1, 0.15) is 50.0 Å². The second kappa shape index (κ2) is 9.06. The van der Waals surface area contributed by atoms with E-state index in [-0.39, 0.29) is 17.8 Å². The fourth-order valence-corrected chi connectivity index (χ4v) is 5.50. The first-order valence-electron chi connectivity index (χ1n) is 11.4. The van der Waals surface area contributed by atoms with Crippen molar-refractivity contribution in [3.8, 4) is 0 Å². The molecule has 4 rings (SSSR count). The summed E-state index contributed by atoms with van der Waals surface area (Å²) in [6, 6.07) is 2.26. The Morgan fingerprint density at radius 1 is 1.23 bits per heavy atom. The first kappa shape index (κ1) is 21.3. The van der Waals surface area contributed by atoms with Crippen molar-refractivity contribution in [2.24, 2.45) is 11.3 Å². The summed E-state index contributed by atoms with van der Waals surface area (Å²) in [4.78, 5) is 30.6. The van der Waals surface area contributed by atoms with Crippen molar-refractivity contribution in [3.63, 3.8) is 0 Å². The van der Waals surface area contributed by atoms with Crippen LogP contribution in [0.2, 0.25) is 0 Å². The minimum Gasteiger partial charge on any atom is -0.466 e. The van der Waals surface area contributed by atoms with Crippen molar-refractivity contribution in [2.45, 2.75) is 52.1 Å². The average Bonchev–Trinajstić information content (AvgIpc) is 3.28. The molecule has 2 aliphatic heterocycles. The van der Waals surface area contributed by atoms with Gasteiger partial charge in [0.2, 0.25) is 0 Å².